The van der Waals surface area contributed by atoms with Crippen LogP contribution in [0.15, 0.2) is 36.7 Å². The van der Waals surface area contributed by atoms with Crippen LogP contribution >= 0.6 is 0 Å². The van der Waals surface area contributed by atoms with E-state index in [-0.39, 0.29) is 0 Å². The average molecular weight is 310 g/mol. The van der Waals surface area contributed by atoms with Gasteiger partial charge < -0.3 is 11.1 Å². The first kappa shape index (κ1) is 16.2. The van der Waals surface area contributed by atoms with Gasteiger partial charge in [0.25, 0.3) is 0 Å². The summed E-state index contributed by atoms with van der Waals surface area (Å²) < 4.78 is 38.0. The van der Waals surface area contributed by atoms with Crippen LogP contribution in [0.1, 0.15) is 23.1 Å². The lowest BCUT2D eigenvalue weighted by Gasteiger charge is -2.09. The molecule has 0 spiro atoms. The minimum Gasteiger partial charge on any atom is -0.354 e. The lowest BCUT2D eigenvalue weighted by molar-refractivity contribution is -0.137. The third-order valence-electron chi connectivity index (χ3n) is 3.03. The van der Waals surface area contributed by atoms with Crippen LogP contribution in [0.5, 0.6) is 0 Å². The zero-order chi connectivity index (χ0) is 16.0. The highest BCUT2D eigenvalue weighted by atomic mass is 19.4. The Kier molecular flexibility index (Phi) is 5.32. The molecule has 0 unspecified atom stereocenters. The predicted molar refractivity (Wildman–Crippen MR) is 78.4 cm³/mol. The third kappa shape index (κ3) is 4.70. The first-order valence-electron chi connectivity index (χ1n) is 6.90. The molecule has 0 aliphatic carbocycles. The molecule has 0 radical (unpaired) electrons. The van der Waals surface area contributed by atoms with E-state index < -0.39 is 11.7 Å². The second kappa shape index (κ2) is 7.22. The molecule has 2 rings (SSSR count). The minimum absolute atomic E-state index is 0.354. The molecule has 0 aliphatic heterocycles. The zero-order valence-electron chi connectivity index (χ0n) is 11.9. The van der Waals surface area contributed by atoms with Crippen LogP contribution in [0.2, 0.25) is 0 Å². The van der Waals surface area contributed by atoms with Gasteiger partial charge in [-0.05, 0) is 30.2 Å². The van der Waals surface area contributed by atoms with Crippen LogP contribution in [0.3, 0.4) is 0 Å². The molecular formula is C15H17F3N4. The van der Waals surface area contributed by atoms with Crippen molar-refractivity contribution in [3.05, 3.63) is 53.3 Å². The van der Waals surface area contributed by atoms with E-state index in [1.165, 1.54) is 6.07 Å². The second-order valence-corrected chi connectivity index (χ2v) is 4.86. The Hall–Kier alpha value is -2.15. The first-order chi connectivity index (χ1) is 10.5. The third-order valence-corrected chi connectivity index (χ3v) is 3.03. The van der Waals surface area contributed by atoms with Crippen molar-refractivity contribution in [3.63, 3.8) is 0 Å². The summed E-state index contributed by atoms with van der Waals surface area (Å²) in [6.07, 6.45) is 0.0572. The summed E-state index contributed by atoms with van der Waals surface area (Å²) in [6.45, 7) is 1.27. The number of anilines is 1. The Balaban J connectivity index is 2.02. The van der Waals surface area contributed by atoms with Gasteiger partial charge >= 0.3 is 6.18 Å². The molecule has 1 heterocycles. The topological polar surface area (TPSA) is 63.8 Å². The van der Waals surface area contributed by atoms with E-state index in [1.807, 2.05) is 0 Å². The number of hydrogen-bond acceptors (Lipinski definition) is 4. The molecule has 0 aliphatic rings. The molecule has 1 aromatic carbocycles. The molecule has 0 saturated heterocycles. The molecule has 0 atom stereocenters. The molecule has 4 nitrogen and oxygen atoms in total. The molecule has 22 heavy (non-hydrogen) atoms. The quantitative estimate of drug-likeness (QED) is 0.805. The maximum absolute atomic E-state index is 12.7. The van der Waals surface area contributed by atoms with Gasteiger partial charge in [-0.1, -0.05) is 18.2 Å². The molecule has 0 saturated carbocycles. The van der Waals surface area contributed by atoms with Crippen LogP contribution in [0.25, 0.3) is 0 Å². The Morgan fingerprint density at radius 2 is 1.82 bits per heavy atom. The smallest absolute Gasteiger partial charge is 0.354 e. The average Bonchev–Trinajstić information content (AvgIpc) is 2.49. The Morgan fingerprint density at radius 1 is 1.09 bits per heavy atom. The van der Waals surface area contributed by atoms with Gasteiger partial charge in [0, 0.05) is 25.4 Å². The molecule has 0 fully saturated rings. The van der Waals surface area contributed by atoms with Crippen LogP contribution in [0.4, 0.5) is 19.1 Å². The standard InChI is InChI=1S/C15H17F3N4/c16-15(17,18)13-4-1-3-11(8-13)7-12-9-21-14(22-10-12)20-6-2-5-19/h1,3-4,8-10H,2,5-7,19H2,(H,20,21,22). The van der Waals surface area contributed by atoms with Crippen molar-refractivity contribution in [2.24, 2.45) is 5.73 Å². The highest BCUT2D eigenvalue weighted by Crippen LogP contribution is 2.29. The van der Waals surface area contributed by atoms with E-state index in [4.69, 9.17) is 5.73 Å². The van der Waals surface area contributed by atoms with Crippen molar-refractivity contribution in [2.75, 3.05) is 18.4 Å². The highest BCUT2D eigenvalue weighted by Gasteiger charge is 2.30. The van der Waals surface area contributed by atoms with Gasteiger partial charge in [0.05, 0.1) is 5.56 Å². The van der Waals surface area contributed by atoms with Gasteiger partial charge in [0.15, 0.2) is 0 Å². The number of nitrogens with one attached hydrogen (secondary N) is 1. The van der Waals surface area contributed by atoms with Crippen molar-refractivity contribution in [1.29, 1.82) is 0 Å². The predicted octanol–water partition coefficient (Wildman–Crippen LogP) is 2.85. The van der Waals surface area contributed by atoms with E-state index in [0.29, 0.717) is 31.0 Å². The van der Waals surface area contributed by atoms with Crippen molar-refractivity contribution >= 4 is 5.95 Å². The molecule has 3 N–H and O–H groups in total. The minimum atomic E-state index is -4.33. The van der Waals surface area contributed by atoms with Crippen molar-refractivity contribution < 1.29 is 13.2 Å². The number of hydrogen-bond donors (Lipinski definition) is 2. The SMILES string of the molecule is NCCCNc1ncc(Cc2cccc(C(F)(F)F)c2)cn1. The first-order valence-corrected chi connectivity index (χ1v) is 6.90. The van der Waals surface area contributed by atoms with Gasteiger partial charge in [0.1, 0.15) is 0 Å². The maximum atomic E-state index is 12.7. The number of rotatable bonds is 6. The molecule has 118 valence electrons. The van der Waals surface area contributed by atoms with E-state index in [9.17, 15) is 13.2 Å². The van der Waals surface area contributed by atoms with Crippen LogP contribution in [-0.2, 0) is 12.6 Å². The zero-order valence-corrected chi connectivity index (χ0v) is 11.9. The number of alkyl halides is 3. The number of halogens is 3. The van der Waals surface area contributed by atoms with E-state index >= 15 is 0 Å². The lowest BCUT2D eigenvalue weighted by atomic mass is 10.0. The molecule has 7 heteroatoms. The van der Waals surface area contributed by atoms with Crippen LogP contribution in [-0.4, -0.2) is 23.1 Å². The summed E-state index contributed by atoms with van der Waals surface area (Å²) in [5.41, 5.74) is 6.06. The van der Waals surface area contributed by atoms with Gasteiger partial charge in [-0.15, -0.1) is 0 Å². The highest BCUT2D eigenvalue weighted by molar-refractivity contribution is 5.31. The number of aromatic nitrogens is 2. The molecule has 2 aromatic rings. The van der Waals surface area contributed by atoms with Gasteiger partial charge in [-0.3, -0.25) is 0 Å². The molecular weight excluding hydrogens is 293 g/mol. The normalized spacial score (nSPS) is 11.5. The lowest BCUT2D eigenvalue weighted by Crippen LogP contribution is -2.10. The summed E-state index contributed by atoms with van der Waals surface area (Å²) in [4.78, 5) is 8.27. The van der Waals surface area contributed by atoms with E-state index in [2.05, 4.69) is 15.3 Å². The molecule has 1 aromatic heterocycles. The fraction of sp³-hybridized carbons (Fsp3) is 0.333. The van der Waals surface area contributed by atoms with E-state index in [0.717, 1.165) is 24.1 Å². The fourth-order valence-electron chi connectivity index (χ4n) is 1.93. The maximum Gasteiger partial charge on any atom is 0.416 e. The molecule has 0 bridgehead atoms. The molecule has 0 amide bonds. The summed E-state index contributed by atoms with van der Waals surface area (Å²) in [5.74, 6) is 0.487. The monoisotopic (exact) mass is 310 g/mol. The largest absolute Gasteiger partial charge is 0.416 e. The van der Waals surface area contributed by atoms with Crippen molar-refractivity contribution in [1.82, 2.24) is 9.97 Å². The van der Waals surface area contributed by atoms with Crippen LogP contribution < -0.4 is 11.1 Å². The van der Waals surface area contributed by atoms with Crippen molar-refractivity contribution in [3.8, 4) is 0 Å². The van der Waals surface area contributed by atoms with Gasteiger partial charge in [-0.2, -0.15) is 13.2 Å². The Bertz CT molecular complexity index is 596. The summed E-state index contributed by atoms with van der Waals surface area (Å²) >= 11 is 0. The number of benzene rings is 1. The van der Waals surface area contributed by atoms with Gasteiger partial charge in [0.2, 0.25) is 5.95 Å². The summed E-state index contributed by atoms with van der Waals surface area (Å²) in [5, 5.41) is 3.01. The van der Waals surface area contributed by atoms with Crippen molar-refractivity contribution in [2.45, 2.75) is 19.0 Å². The summed E-state index contributed by atoms with van der Waals surface area (Å²) in [6, 6.07) is 5.27. The Morgan fingerprint density at radius 3 is 2.45 bits per heavy atom. The van der Waals surface area contributed by atoms with Gasteiger partial charge in [-0.25, -0.2) is 9.97 Å². The van der Waals surface area contributed by atoms with E-state index in [1.54, 1.807) is 18.5 Å². The number of nitrogens with two attached hydrogens (primary N) is 1. The Labute approximate surface area is 126 Å². The fourth-order valence-corrected chi connectivity index (χ4v) is 1.93. The van der Waals surface area contributed by atoms with Crippen LogP contribution in [0, 0.1) is 0 Å². The second-order valence-electron chi connectivity index (χ2n) is 4.86. The number of nitrogens with zero attached hydrogens (tertiary/aromatic N) is 2. The summed E-state index contributed by atoms with van der Waals surface area (Å²) in [7, 11) is 0.